The molecule has 3 fully saturated rings. The van der Waals surface area contributed by atoms with Crippen molar-refractivity contribution in [3.63, 3.8) is 0 Å². The third kappa shape index (κ3) is 2.96. The molecule has 3 aliphatic rings. The Bertz CT molecular complexity index is 1290. The van der Waals surface area contributed by atoms with Crippen LogP contribution in [0, 0.1) is 5.92 Å². The van der Waals surface area contributed by atoms with Crippen molar-refractivity contribution in [2.45, 2.75) is 18.9 Å². The van der Waals surface area contributed by atoms with Gasteiger partial charge in [-0.25, -0.2) is 4.98 Å². The number of nitrogens with one attached hydrogen (secondary N) is 3. The molecule has 0 amide bonds. The van der Waals surface area contributed by atoms with Crippen LogP contribution < -0.4 is 10.9 Å². The number of imidazole rings is 1. The zero-order chi connectivity index (χ0) is 20.2. The maximum atomic E-state index is 13.2. The van der Waals surface area contributed by atoms with Gasteiger partial charge in [-0.05, 0) is 62.2 Å². The number of hydrogen-bond acceptors (Lipinski definition) is 4. The van der Waals surface area contributed by atoms with Crippen LogP contribution in [-0.2, 0) is 0 Å². The topological polar surface area (TPSA) is 76.8 Å². The number of fused-ring (bicyclic) bond motifs is 5. The molecule has 30 heavy (non-hydrogen) atoms. The molecule has 3 aliphatic heterocycles. The molecule has 0 aliphatic carbocycles. The zero-order valence-corrected chi connectivity index (χ0v) is 18.0. The van der Waals surface area contributed by atoms with Crippen LogP contribution in [0.15, 0.2) is 51.7 Å². The molecule has 3 N–H and O–H groups in total. The summed E-state index contributed by atoms with van der Waals surface area (Å²) >= 11 is 3.60. The summed E-state index contributed by atoms with van der Waals surface area (Å²) in [4.78, 5) is 26.9. The van der Waals surface area contributed by atoms with Crippen LogP contribution in [0.3, 0.4) is 0 Å². The van der Waals surface area contributed by atoms with E-state index in [9.17, 15) is 4.79 Å². The van der Waals surface area contributed by atoms with Gasteiger partial charge in [-0.3, -0.25) is 4.79 Å². The normalized spacial score (nSPS) is 23.3. The van der Waals surface area contributed by atoms with Gasteiger partial charge < -0.3 is 20.2 Å². The molecule has 4 aromatic rings. The number of halogens is 1. The van der Waals surface area contributed by atoms with Crippen molar-refractivity contribution in [2.75, 3.05) is 25.0 Å². The predicted octanol–water partition coefficient (Wildman–Crippen LogP) is 4.34. The van der Waals surface area contributed by atoms with Crippen LogP contribution in [0.5, 0.6) is 0 Å². The van der Waals surface area contributed by atoms with Crippen LogP contribution in [-0.4, -0.2) is 45.5 Å². The van der Waals surface area contributed by atoms with E-state index in [-0.39, 0.29) is 5.56 Å². The van der Waals surface area contributed by atoms with Crippen molar-refractivity contribution >= 4 is 43.6 Å². The number of hydrogen-bond donors (Lipinski definition) is 3. The number of piperidine rings is 3. The highest BCUT2D eigenvalue weighted by Crippen LogP contribution is 2.36. The lowest BCUT2D eigenvalue weighted by molar-refractivity contribution is 0.0976. The Kier molecular flexibility index (Phi) is 4.21. The molecular formula is C23H22BrN5O. The van der Waals surface area contributed by atoms with Gasteiger partial charge in [0.2, 0.25) is 0 Å². The number of para-hydroxylation sites is 2. The van der Waals surface area contributed by atoms with Gasteiger partial charge in [-0.1, -0.05) is 28.1 Å². The maximum Gasteiger partial charge on any atom is 0.261 e. The number of rotatable bonds is 3. The molecule has 5 heterocycles. The van der Waals surface area contributed by atoms with E-state index in [4.69, 9.17) is 4.98 Å². The molecule has 2 aromatic carbocycles. The molecule has 2 bridgehead atoms. The highest BCUT2D eigenvalue weighted by Gasteiger charge is 2.35. The summed E-state index contributed by atoms with van der Waals surface area (Å²) < 4.78 is 0.981. The van der Waals surface area contributed by atoms with E-state index in [1.807, 2.05) is 36.4 Å². The van der Waals surface area contributed by atoms with Crippen molar-refractivity contribution in [1.29, 1.82) is 0 Å². The standard InChI is InChI=1S/C23H22BrN5O/c24-14-5-6-16-15(11-14)21(25-19-12-29-9-7-13(19)8-10-29)20(23(30)28-16)22-26-17-3-1-2-4-18(17)27-22/h1-6,11,13,19H,7-10,12H2,(H,26,27)(H2,25,28,30)/t19-/m0/s1. The molecule has 1 atom stereocenters. The average molecular weight is 464 g/mol. The van der Waals surface area contributed by atoms with E-state index in [2.05, 4.69) is 42.2 Å². The third-order valence-electron chi connectivity index (χ3n) is 6.59. The Balaban J connectivity index is 1.56. The maximum absolute atomic E-state index is 13.2. The molecule has 7 heteroatoms. The van der Waals surface area contributed by atoms with Crippen LogP contribution >= 0.6 is 15.9 Å². The summed E-state index contributed by atoms with van der Waals surface area (Å²) in [6.45, 7) is 3.38. The van der Waals surface area contributed by atoms with Crippen molar-refractivity contribution in [2.24, 2.45) is 5.92 Å². The SMILES string of the molecule is O=c1[nH]c2ccc(Br)cc2c(N[C@H]2CN3CCC2CC3)c1-c1nc2ccccc2[nH]1. The smallest absolute Gasteiger partial charge is 0.261 e. The van der Waals surface area contributed by atoms with E-state index in [1.54, 1.807) is 0 Å². The monoisotopic (exact) mass is 463 g/mol. The van der Waals surface area contributed by atoms with Gasteiger partial charge in [-0.15, -0.1) is 0 Å². The predicted molar refractivity (Wildman–Crippen MR) is 124 cm³/mol. The molecule has 0 spiro atoms. The van der Waals surface area contributed by atoms with Gasteiger partial charge in [0, 0.05) is 22.4 Å². The third-order valence-corrected chi connectivity index (χ3v) is 7.08. The second-order valence-corrected chi connectivity index (χ2v) is 9.30. The summed E-state index contributed by atoms with van der Waals surface area (Å²) in [5.74, 6) is 1.24. The number of aromatic nitrogens is 3. The Morgan fingerprint density at radius 3 is 2.67 bits per heavy atom. The van der Waals surface area contributed by atoms with E-state index >= 15 is 0 Å². The lowest BCUT2D eigenvalue weighted by Gasteiger charge is -2.45. The first-order valence-electron chi connectivity index (χ1n) is 10.5. The average Bonchev–Trinajstić information content (AvgIpc) is 3.19. The van der Waals surface area contributed by atoms with Crippen LogP contribution in [0.1, 0.15) is 12.8 Å². The van der Waals surface area contributed by atoms with Gasteiger partial charge in [0.05, 0.1) is 22.2 Å². The highest BCUT2D eigenvalue weighted by molar-refractivity contribution is 9.10. The second kappa shape index (κ2) is 6.96. The molecule has 2 aromatic heterocycles. The first-order valence-corrected chi connectivity index (χ1v) is 11.2. The first-order chi connectivity index (χ1) is 14.7. The molecular weight excluding hydrogens is 442 g/mol. The summed E-state index contributed by atoms with van der Waals surface area (Å²) in [6, 6.07) is 14.2. The van der Waals surface area contributed by atoms with Crippen LogP contribution in [0.4, 0.5) is 5.69 Å². The number of aromatic amines is 2. The minimum Gasteiger partial charge on any atom is -0.379 e. The Morgan fingerprint density at radius 1 is 1.07 bits per heavy atom. The number of anilines is 1. The van der Waals surface area contributed by atoms with E-state index < -0.39 is 0 Å². The fourth-order valence-corrected chi connectivity index (χ4v) is 5.39. The quantitative estimate of drug-likeness (QED) is 0.422. The Labute approximate surface area is 181 Å². The fourth-order valence-electron chi connectivity index (χ4n) is 5.03. The molecule has 0 saturated carbocycles. The molecule has 0 unspecified atom stereocenters. The lowest BCUT2D eigenvalue weighted by Crippen LogP contribution is -2.53. The van der Waals surface area contributed by atoms with Gasteiger partial charge in [0.1, 0.15) is 11.4 Å². The van der Waals surface area contributed by atoms with Crippen molar-refractivity contribution in [3.8, 4) is 11.4 Å². The molecule has 7 rings (SSSR count). The number of benzene rings is 2. The second-order valence-electron chi connectivity index (χ2n) is 8.39. The lowest BCUT2D eigenvalue weighted by atomic mass is 9.83. The van der Waals surface area contributed by atoms with Gasteiger partial charge in [0.15, 0.2) is 0 Å². The number of nitrogens with zero attached hydrogens (tertiary/aromatic N) is 2. The Morgan fingerprint density at radius 2 is 1.90 bits per heavy atom. The molecule has 0 radical (unpaired) electrons. The van der Waals surface area contributed by atoms with E-state index in [1.165, 1.54) is 25.9 Å². The van der Waals surface area contributed by atoms with Crippen molar-refractivity contribution in [3.05, 3.63) is 57.3 Å². The van der Waals surface area contributed by atoms with Crippen molar-refractivity contribution in [1.82, 2.24) is 19.9 Å². The fraction of sp³-hybridized carbons (Fsp3) is 0.304. The summed E-state index contributed by atoms with van der Waals surface area (Å²) in [5, 5.41) is 4.79. The molecule has 3 saturated heterocycles. The minimum absolute atomic E-state index is 0.132. The highest BCUT2D eigenvalue weighted by atomic mass is 79.9. The molecule has 6 nitrogen and oxygen atoms in total. The summed E-state index contributed by atoms with van der Waals surface area (Å²) in [7, 11) is 0. The van der Waals surface area contributed by atoms with Gasteiger partial charge in [-0.2, -0.15) is 0 Å². The molecule has 152 valence electrons. The van der Waals surface area contributed by atoms with E-state index in [0.29, 0.717) is 23.3 Å². The number of pyridine rings is 1. The summed E-state index contributed by atoms with van der Waals surface area (Å²) in [5.41, 5.74) is 3.92. The Hall–Kier alpha value is -2.64. The first kappa shape index (κ1) is 18.2. The minimum atomic E-state index is -0.132. The summed E-state index contributed by atoms with van der Waals surface area (Å²) in [6.07, 6.45) is 2.42. The van der Waals surface area contributed by atoms with Gasteiger partial charge >= 0.3 is 0 Å². The van der Waals surface area contributed by atoms with Crippen LogP contribution in [0.2, 0.25) is 0 Å². The zero-order valence-electron chi connectivity index (χ0n) is 16.4. The van der Waals surface area contributed by atoms with Crippen molar-refractivity contribution < 1.29 is 0 Å². The number of H-pyrrole nitrogens is 2. The van der Waals surface area contributed by atoms with Gasteiger partial charge in [0.25, 0.3) is 5.56 Å². The van der Waals surface area contributed by atoms with Crippen LogP contribution in [0.25, 0.3) is 33.3 Å². The van der Waals surface area contributed by atoms with E-state index in [0.717, 1.165) is 38.6 Å². The largest absolute Gasteiger partial charge is 0.379 e.